The van der Waals surface area contributed by atoms with Crippen molar-refractivity contribution in [2.45, 2.75) is 122 Å². The van der Waals surface area contributed by atoms with Crippen molar-refractivity contribution in [3.8, 4) is 39.2 Å². The van der Waals surface area contributed by atoms with Crippen molar-refractivity contribution in [1.82, 2.24) is 55.6 Å². The molecule has 4 fully saturated rings. The minimum absolute atomic E-state index is 0.0782. The van der Waals surface area contributed by atoms with E-state index >= 15 is 0 Å². The average Bonchev–Trinajstić information content (AvgIpc) is 1.62. The number of aromatic hydroxyl groups is 1. The zero-order chi connectivity index (χ0) is 70.8. The molecule has 0 saturated carbocycles. The molecular weight excluding hydrogens is 1350 g/mol. The molecule has 5 aliphatic heterocycles. The van der Waals surface area contributed by atoms with Gasteiger partial charge in [-0.2, -0.15) is 4.31 Å². The number of nitrogens with two attached hydrogens (primary N) is 1. The zero-order valence-corrected chi connectivity index (χ0v) is 59.1. The number of amides is 5. The van der Waals surface area contributed by atoms with E-state index in [9.17, 15) is 48.0 Å². The number of aromatic nitrogens is 5. The molecule has 6 aromatic rings. The fourth-order valence-electron chi connectivity index (χ4n) is 13.6. The van der Waals surface area contributed by atoms with Gasteiger partial charge in [-0.3, -0.25) is 47.7 Å². The van der Waals surface area contributed by atoms with Crippen LogP contribution < -0.4 is 35.6 Å². The normalized spacial score (nSPS) is 21.3. The first-order chi connectivity index (χ1) is 48.0. The highest BCUT2D eigenvalue weighted by Gasteiger charge is 2.48. The van der Waals surface area contributed by atoms with Crippen molar-refractivity contribution in [1.29, 1.82) is 0 Å². The highest BCUT2D eigenvalue weighted by atomic mass is 32.1. The molecular formula is C67H86N14O16P2S. The number of fused-ring (bicyclic) bond motifs is 2. The van der Waals surface area contributed by atoms with Gasteiger partial charge >= 0.3 is 15.6 Å². The number of phenolic OH excluding ortho intramolecular Hbond substituents is 1. The lowest BCUT2D eigenvalue weighted by Gasteiger charge is -2.43. The van der Waals surface area contributed by atoms with Crippen LogP contribution in [0.1, 0.15) is 102 Å². The summed E-state index contributed by atoms with van der Waals surface area (Å²) in [5.74, 6) is -2.50. The minimum Gasteiger partial charge on any atom is -0.507 e. The number of nitrogen functional groups attached to an aromatic ring is 1. The third-order valence-electron chi connectivity index (χ3n) is 18.7. The van der Waals surface area contributed by atoms with Gasteiger partial charge in [0, 0.05) is 138 Å². The topological polar surface area (TPSA) is 373 Å². The third-order valence-corrected chi connectivity index (χ3v) is 22.4. The summed E-state index contributed by atoms with van der Waals surface area (Å²) >= 11 is 1.51. The molecule has 9 atom stereocenters. The number of benzene rings is 2. The van der Waals surface area contributed by atoms with Crippen molar-refractivity contribution in [3.63, 3.8) is 0 Å². The number of unbranched alkanes of at least 4 members (excludes halogenated alkanes) is 2. The molecule has 5 unspecified atom stereocenters. The lowest BCUT2D eigenvalue weighted by atomic mass is 9.91. The number of nitrogens with zero attached hydrogens (tertiary/aromatic N) is 11. The minimum atomic E-state index is -5.47. The van der Waals surface area contributed by atoms with Gasteiger partial charge in [0.15, 0.2) is 11.6 Å². The molecule has 7 N–H and O–H groups in total. The number of anilines is 3. The second-order valence-electron chi connectivity index (χ2n) is 26.0. The zero-order valence-electron chi connectivity index (χ0n) is 56.4. The smallest absolute Gasteiger partial charge is 0.481 e. The summed E-state index contributed by atoms with van der Waals surface area (Å²) in [5, 5.41) is 28.7. The second kappa shape index (κ2) is 32.6. The standard InChI is InChI=1S/C67H86N14O16P2S/c1-42(2)63(57-36-60(75-95-57)93-31-28-76-26-27-77(43(3)37-76)29-32-92-59-33-48(22-23-70-59)81-49-18-19-50(81)39-78(38-49)54-35-53(73-74-65(54)68)52-11-8-9-12-56(52)82)67(87)80-40-51(34-55(80)66(86)72-44(4)46-14-16-47(17-15-46)64-45(5)71-41-100-64)96-99(90,91)97-98(88,89)94-30-24-69-58(83)13-7-6-10-25-79-61(84)20-21-62(79)85/h8-9,11-12,14-17,20-23,33,35-36,41-44,49-51,55,63,82H,6-7,10,13,18-19,24-32,34,37-40H2,1-5H3,(H2,68,74)(H,69,83)(H,72,86)(H,88,89)(H,90,91)/t43-,44+,49?,50?,51-,55+,63?/m1/s1. The number of phenols is 1. The molecule has 30 nitrogen and oxygen atoms in total. The number of thiazole rings is 1. The Labute approximate surface area is 583 Å². The fraction of sp³-hybridized carbons (Fsp3) is 0.493. The lowest BCUT2D eigenvalue weighted by Crippen LogP contribution is -2.54. The summed E-state index contributed by atoms with van der Waals surface area (Å²) in [7, 11) is -10.8. The Morgan fingerprint density at radius 3 is 2.29 bits per heavy atom. The number of aryl methyl sites for hydroxylation is 1. The molecule has 11 rings (SSSR count). The Morgan fingerprint density at radius 1 is 0.830 bits per heavy atom. The van der Waals surface area contributed by atoms with Crippen LogP contribution in [0.15, 0.2) is 101 Å². The Kier molecular flexibility index (Phi) is 23.8. The van der Waals surface area contributed by atoms with E-state index in [1.807, 2.05) is 61.5 Å². The number of ether oxygens (including phenoxy) is 2. The predicted octanol–water partition coefficient (Wildman–Crippen LogP) is 7.01. The first-order valence-corrected chi connectivity index (χ1v) is 37.5. The number of carbonyl (C=O) groups excluding carboxylic acids is 5. The number of phosphoric acid groups is 2. The highest BCUT2D eigenvalue weighted by molar-refractivity contribution is 7.61. The molecule has 9 heterocycles. The number of hydrogen-bond donors (Lipinski definition) is 6. The van der Waals surface area contributed by atoms with Crippen LogP contribution in [-0.2, 0) is 46.5 Å². The second-order valence-corrected chi connectivity index (χ2v) is 29.9. The van der Waals surface area contributed by atoms with E-state index in [1.165, 1.54) is 34.5 Å². The van der Waals surface area contributed by atoms with Gasteiger partial charge in [-0.05, 0) is 92.9 Å². The van der Waals surface area contributed by atoms with Crippen LogP contribution >= 0.6 is 27.0 Å². The van der Waals surface area contributed by atoms with Gasteiger partial charge in [-0.25, -0.2) is 19.1 Å². The van der Waals surface area contributed by atoms with Crippen LogP contribution in [0.3, 0.4) is 0 Å². The molecule has 5 aliphatic rings. The maximum absolute atomic E-state index is 14.9. The first kappa shape index (κ1) is 73.0. The van der Waals surface area contributed by atoms with E-state index < -0.39 is 76.5 Å². The summed E-state index contributed by atoms with van der Waals surface area (Å²) in [4.78, 5) is 108. The maximum atomic E-state index is 14.9. The van der Waals surface area contributed by atoms with Gasteiger partial charge in [-0.15, -0.1) is 21.5 Å². The monoisotopic (exact) mass is 1440 g/mol. The SMILES string of the molecule is Cc1ncsc1-c1ccc([C@H](C)NC(=O)[C@@H]2C[C@@H](OP(=O)(O)OP(=O)(O)OCCNC(=O)CCCCCN3C(=O)C=CC3=O)CN2C(=O)C(c2cc(OCCN3CCN(CCOc4cc(N5C6CCC5CN(c5cc(-c7ccccc7O)nnc5N)C6)ccn4)[C@H](C)C3)no2)C(C)C)cc1. The van der Waals surface area contributed by atoms with Gasteiger partial charge in [0.05, 0.1) is 46.2 Å². The molecule has 2 bridgehead atoms. The highest BCUT2D eigenvalue weighted by Crippen LogP contribution is 2.61. The number of rotatable bonds is 32. The Morgan fingerprint density at radius 2 is 1.57 bits per heavy atom. The molecule has 5 amide bonds. The van der Waals surface area contributed by atoms with E-state index in [2.05, 4.69) is 66.8 Å². The number of pyridine rings is 1. The van der Waals surface area contributed by atoms with E-state index in [0.29, 0.717) is 61.9 Å². The molecule has 33 heteroatoms. The molecule has 100 heavy (non-hydrogen) atoms. The van der Waals surface area contributed by atoms with Gasteiger partial charge in [0.25, 0.3) is 17.7 Å². The lowest BCUT2D eigenvalue weighted by molar-refractivity contribution is -0.141. The number of imide groups is 1. The number of likely N-dealkylation sites (tertiary alicyclic amines) is 1. The molecule has 0 aliphatic carbocycles. The quantitative estimate of drug-likeness (QED) is 0.0140. The van der Waals surface area contributed by atoms with Crippen molar-refractivity contribution in [2.75, 3.05) is 101 Å². The number of piperazine rings is 2. The predicted molar refractivity (Wildman–Crippen MR) is 370 cm³/mol. The van der Waals surface area contributed by atoms with Gasteiger partial charge in [0.2, 0.25) is 23.6 Å². The van der Waals surface area contributed by atoms with Crippen LogP contribution in [0, 0.1) is 12.8 Å². The maximum Gasteiger partial charge on any atom is 0.481 e. The molecule has 4 aromatic heterocycles. The molecule has 0 radical (unpaired) electrons. The number of phosphoric ester groups is 2. The largest absolute Gasteiger partial charge is 0.507 e. The van der Waals surface area contributed by atoms with Crippen LogP contribution in [0.4, 0.5) is 17.2 Å². The van der Waals surface area contributed by atoms with Crippen molar-refractivity contribution in [2.24, 2.45) is 5.92 Å². The Hall–Kier alpha value is -8.22. The summed E-state index contributed by atoms with van der Waals surface area (Å²) in [6, 6.07) is 21.0. The van der Waals surface area contributed by atoms with Crippen molar-refractivity contribution in [3.05, 3.63) is 114 Å². The number of carbonyl (C=O) groups is 5. The average molecular weight is 1440 g/mol. The van der Waals surface area contributed by atoms with Crippen molar-refractivity contribution < 1.29 is 75.4 Å². The van der Waals surface area contributed by atoms with Crippen molar-refractivity contribution >= 4 is 73.7 Å². The summed E-state index contributed by atoms with van der Waals surface area (Å²) < 4.78 is 59.7. The van der Waals surface area contributed by atoms with E-state index in [0.717, 1.165) is 83.5 Å². The van der Waals surface area contributed by atoms with Gasteiger partial charge in [-0.1, -0.05) is 56.7 Å². The molecule has 536 valence electrons. The van der Waals surface area contributed by atoms with Crippen LogP contribution in [-0.4, -0.2) is 205 Å². The van der Waals surface area contributed by atoms with Gasteiger partial charge in [0.1, 0.15) is 30.9 Å². The summed E-state index contributed by atoms with van der Waals surface area (Å²) in [6.07, 6.45) is 6.09. The van der Waals surface area contributed by atoms with E-state index in [4.69, 9.17) is 28.8 Å². The van der Waals surface area contributed by atoms with Crippen LogP contribution in [0.25, 0.3) is 21.7 Å². The number of hydrogen-bond acceptors (Lipinski definition) is 25. The van der Waals surface area contributed by atoms with E-state index in [1.54, 1.807) is 44.6 Å². The van der Waals surface area contributed by atoms with E-state index in [-0.39, 0.29) is 79.9 Å². The number of nitrogens with one attached hydrogen (secondary N) is 2. The third kappa shape index (κ3) is 18.3. The molecule has 0 spiro atoms. The Bertz CT molecular complexity index is 3980. The summed E-state index contributed by atoms with van der Waals surface area (Å²) in [5.41, 5.74) is 13.8. The summed E-state index contributed by atoms with van der Waals surface area (Å²) in [6.45, 7) is 14.2. The Balaban J connectivity index is 0.647. The molecule has 2 aromatic carbocycles. The van der Waals surface area contributed by atoms with Crippen LogP contribution in [0.5, 0.6) is 17.5 Å². The van der Waals surface area contributed by atoms with Crippen LogP contribution in [0.2, 0.25) is 0 Å². The van der Waals surface area contributed by atoms with Gasteiger partial charge < -0.3 is 60.0 Å². The fourth-order valence-corrected chi connectivity index (χ4v) is 16.7. The molecule has 4 saturated heterocycles. The number of para-hydroxylation sites is 1. The first-order valence-electron chi connectivity index (χ1n) is 33.7.